The Bertz CT molecular complexity index is 561. The topological polar surface area (TPSA) is 52.7 Å². The summed E-state index contributed by atoms with van der Waals surface area (Å²) < 4.78 is 0. The van der Waals surface area contributed by atoms with E-state index in [1.54, 1.807) is 4.90 Å². The van der Waals surface area contributed by atoms with Gasteiger partial charge in [-0.05, 0) is 19.4 Å². The zero-order valence-corrected chi connectivity index (χ0v) is 14.6. The summed E-state index contributed by atoms with van der Waals surface area (Å²) in [6.45, 7) is 7.73. The molecule has 0 aromatic heterocycles. The van der Waals surface area contributed by atoms with Crippen LogP contribution in [0.2, 0.25) is 0 Å². The molecule has 5 nitrogen and oxygen atoms in total. The van der Waals surface area contributed by atoms with Gasteiger partial charge in [0.25, 0.3) is 0 Å². The summed E-state index contributed by atoms with van der Waals surface area (Å²) in [4.78, 5) is 27.9. The lowest BCUT2D eigenvalue weighted by Crippen LogP contribution is -2.49. The van der Waals surface area contributed by atoms with Crippen LogP contribution in [0.3, 0.4) is 0 Å². The first-order valence-electron chi connectivity index (χ1n) is 8.55. The molecule has 1 N–H and O–H groups in total. The van der Waals surface area contributed by atoms with Crippen LogP contribution in [-0.4, -0.2) is 60.4 Å². The Labute approximate surface area is 144 Å². The average molecular weight is 329 g/mol. The quantitative estimate of drug-likeness (QED) is 0.809. The molecular formula is C19H27N3O2. The highest BCUT2D eigenvalue weighted by molar-refractivity contribution is 5.97. The van der Waals surface area contributed by atoms with Crippen molar-refractivity contribution in [1.29, 1.82) is 0 Å². The molecule has 0 saturated carbocycles. The van der Waals surface area contributed by atoms with Crippen LogP contribution < -0.4 is 5.32 Å². The van der Waals surface area contributed by atoms with Crippen LogP contribution in [0.5, 0.6) is 0 Å². The van der Waals surface area contributed by atoms with E-state index in [1.807, 2.05) is 32.0 Å². The van der Waals surface area contributed by atoms with Crippen molar-refractivity contribution in [2.75, 3.05) is 32.7 Å². The second kappa shape index (κ2) is 9.23. The van der Waals surface area contributed by atoms with Crippen LogP contribution >= 0.6 is 0 Å². The number of rotatable bonds is 6. The molecule has 0 unspecified atom stereocenters. The molecular weight excluding hydrogens is 302 g/mol. The van der Waals surface area contributed by atoms with E-state index in [9.17, 15) is 9.59 Å². The Morgan fingerprint density at radius 1 is 1.12 bits per heavy atom. The Hall–Kier alpha value is -2.14. The zero-order chi connectivity index (χ0) is 17.4. The highest BCUT2D eigenvalue weighted by atomic mass is 16.2. The van der Waals surface area contributed by atoms with Crippen molar-refractivity contribution in [1.82, 2.24) is 15.1 Å². The smallest absolute Gasteiger partial charge is 0.232 e. The second-order valence-corrected chi connectivity index (χ2v) is 6.39. The van der Waals surface area contributed by atoms with E-state index in [0.29, 0.717) is 13.1 Å². The molecule has 1 aliphatic heterocycles. The summed E-state index contributed by atoms with van der Waals surface area (Å²) in [5.41, 5.74) is 1.20. The Morgan fingerprint density at radius 2 is 1.79 bits per heavy atom. The van der Waals surface area contributed by atoms with E-state index in [4.69, 9.17) is 0 Å². The Morgan fingerprint density at radius 3 is 2.42 bits per heavy atom. The number of nitrogens with one attached hydrogen (secondary N) is 1. The van der Waals surface area contributed by atoms with Crippen LogP contribution in [-0.2, 0) is 9.59 Å². The molecule has 1 aliphatic rings. The third kappa shape index (κ3) is 6.16. The molecule has 5 heteroatoms. The summed E-state index contributed by atoms with van der Waals surface area (Å²) in [6, 6.07) is 10.3. The maximum Gasteiger partial charge on any atom is 0.232 e. The zero-order valence-electron chi connectivity index (χ0n) is 14.6. The van der Waals surface area contributed by atoms with Crippen LogP contribution in [0.4, 0.5) is 0 Å². The van der Waals surface area contributed by atoms with Gasteiger partial charge in [0, 0.05) is 38.8 Å². The number of amides is 2. The number of hydrogen-bond acceptors (Lipinski definition) is 3. The molecule has 2 amide bonds. The maximum atomic E-state index is 12.1. The summed E-state index contributed by atoms with van der Waals surface area (Å²) >= 11 is 0. The van der Waals surface area contributed by atoms with Crippen LogP contribution in [0, 0.1) is 0 Å². The first-order valence-corrected chi connectivity index (χ1v) is 8.55. The molecule has 0 atom stereocenters. The molecule has 1 aromatic rings. The number of hydrogen-bond donors (Lipinski definition) is 1. The fourth-order valence-electron chi connectivity index (χ4n) is 2.70. The summed E-state index contributed by atoms with van der Waals surface area (Å²) in [5.74, 6) is -0.268. The molecule has 0 radical (unpaired) electrons. The van der Waals surface area contributed by atoms with Gasteiger partial charge in [-0.2, -0.15) is 0 Å². The van der Waals surface area contributed by atoms with Gasteiger partial charge in [-0.3, -0.25) is 14.5 Å². The third-order valence-corrected chi connectivity index (χ3v) is 3.96. The highest BCUT2D eigenvalue weighted by Crippen LogP contribution is 2.06. The van der Waals surface area contributed by atoms with Gasteiger partial charge in [0.15, 0.2) is 0 Å². The van der Waals surface area contributed by atoms with E-state index < -0.39 is 0 Å². The van der Waals surface area contributed by atoms with Gasteiger partial charge in [0.05, 0.1) is 0 Å². The molecule has 0 aliphatic carbocycles. The summed E-state index contributed by atoms with van der Waals surface area (Å²) in [7, 11) is 0. The van der Waals surface area contributed by atoms with Crippen molar-refractivity contribution in [3.05, 3.63) is 42.0 Å². The fraction of sp³-hybridized carbons (Fsp3) is 0.474. The normalized spacial score (nSPS) is 15.9. The van der Waals surface area contributed by atoms with Gasteiger partial charge in [0.2, 0.25) is 11.8 Å². The van der Waals surface area contributed by atoms with Gasteiger partial charge in [-0.15, -0.1) is 0 Å². The SMILES string of the molecule is CC(C)NC(=O)CC(=O)N1CCN(C/C=C/c2ccccc2)CC1. The minimum atomic E-state index is -0.191. The Kier molecular flexibility index (Phi) is 7.00. The lowest BCUT2D eigenvalue weighted by Gasteiger charge is -2.34. The molecule has 130 valence electrons. The van der Waals surface area contributed by atoms with Gasteiger partial charge < -0.3 is 10.2 Å². The van der Waals surface area contributed by atoms with E-state index in [2.05, 4.69) is 34.5 Å². The molecule has 0 bridgehead atoms. The largest absolute Gasteiger partial charge is 0.353 e. The minimum absolute atomic E-state index is 0.0495. The van der Waals surface area contributed by atoms with E-state index in [0.717, 1.165) is 19.6 Å². The number of benzene rings is 1. The second-order valence-electron chi connectivity index (χ2n) is 6.39. The first-order chi connectivity index (χ1) is 11.5. The minimum Gasteiger partial charge on any atom is -0.353 e. The summed E-state index contributed by atoms with van der Waals surface area (Å²) in [5, 5.41) is 2.76. The van der Waals surface area contributed by atoms with Crippen molar-refractivity contribution in [3.8, 4) is 0 Å². The van der Waals surface area contributed by atoms with Crippen LogP contribution in [0.25, 0.3) is 6.08 Å². The van der Waals surface area contributed by atoms with Crippen molar-refractivity contribution >= 4 is 17.9 Å². The van der Waals surface area contributed by atoms with E-state index in [-0.39, 0.29) is 24.3 Å². The first kappa shape index (κ1) is 18.2. The number of nitrogens with zero attached hydrogens (tertiary/aromatic N) is 2. The predicted octanol–water partition coefficient (Wildman–Crippen LogP) is 1.76. The number of piperazine rings is 1. The molecule has 1 fully saturated rings. The van der Waals surface area contributed by atoms with Crippen molar-refractivity contribution < 1.29 is 9.59 Å². The third-order valence-electron chi connectivity index (χ3n) is 3.96. The maximum absolute atomic E-state index is 12.1. The summed E-state index contributed by atoms with van der Waals surface area (Å²) in [6.07, 6.45) is 4.22. The van der Waals surface area contributed by atoms with E-state index >= 15 is 0 Å². The van der Waals surface area contributed by atoms with E-state index in [1.165, 1.54) is 5.56 Å². The van der Waals surface area contributed by atoms with Gasteiger partial charge in [-0.1, -0.05) is 42.5 Å². The number of carbonyl (C=O) groups excluding carboxylic acids is 2. The standard InChI is InChI=1S/C19H27N3O2/c1-16(2)20-18(23)15-19(24)22-13-11-21(12-14-22)10-6-9-17-7-4-3-5-8-17/h3-9,16H,10-15H2,1-2H3,(H,20,23)/b9-6+. The lowest BCUT2D eigenvalue weighted by atomic mass is 10.2. The molecule has 1 aromatic carbocycles. The van der Waals surface area contributed by atoms with Gasteiger partial charge >= 0.3 is 0 Å². The predicted molar refractivity (Wildman–Crippen MR) is 96.4 cm³/mol. The van der Waals surface area contributed by atoms with Crippen molar-refractivity contribution in [2.24, 2.45) is 0 Å². The van der Waals surface area contributed by atoms with Gasteiger partial charge in [-0.25, -0.2) is 0 Å². The van der Waals surface area contributed by atoms with Crippen LogP contribution in [0.1, 0.15) is 25.8 Å². The molecule has 1 heterocycles. The van der Waals surface area contributed by atoms with Crippen molar-refractivity contribution in [2.45, 2.75) is 26.3 Å². The Balaban J connectivity index is 1.70. The van der Waals surface area contributed by atoms with Gasteiger partial charge in [0.1, 0.15) is 6.42 Å². The molecule has 1 saturated heterocycles. The molecule has 2 rings (SSSR count). The number of carbonyl (C=O) groups is 2. The highest BCUT2D eigenvalue weighted by Gasteiger charge is 2.22. The fourth-order valence-corrected chi connectivity index (χ4v) is 2.70. The van der Waals surface area contributed by atoms with Crippen molar-refractivity contribution in [3.63, 3.8) is 0 Å². The molecule has 24 heavy (non-hydrogen) atoms. The molecule has 0 spiro atoms. The van der Waals surface area contributed by atoms with Crippen LogP contribution in [0.15, 0.2) is 36.4 Å². The lowest BCUT2D eigenvalue weighted by molar-refractivity contribution is -0.137. The monoisotopic (exact) mass is 329 g/mol. The average Bonchev–Trinajstić information content (AvgIpc) is 2.55.